The molecular formula is C17H27F2N3O2. The predicted molar refractivity (Wildman–Crippen MR) is 89.3 cm³/mol. The molecule has 0 spiro atoms. The van der Waals surface area contributed by atoms with Gasteiger partial charge in [-0.2, -0.15) is 0 Å². The van der Waals surface area contributed by atoms with Crippen LogP contribution in [-0.2, 0) is 11.2 Å². The molecule has 0 radical (unpaired) electrons. The van der Waals surface area contributed by atoms with E-state index < -0.39 is 30.6 Å². The number of carbonyl (C=O) groups excluding carboxylic acids is 1. The molecule has 0 aromatic carbocycles. The maximum absolute atomic E-state index is 12.7. The van der Waals surface area contributed by atoms with Gasteiger partial charge in [0.25, 0.3) is 0 Å². The van der Waals surface area contributed by atoms with Gasteiger partial charge in [-0.05, 0) is 57.9 Å². The van der Waals surface area contributed by atoms with Crippen LogP contribution in [0.25, 0.3) is 0 Å². The van der Waals surface area contributed by atoms with Gasteiger partial charge in [0.2, 0.25) is 6.43 Å². The van der Waals surface area contributed by atoms with E-state index >= 15 is 0 Å². The van der Waals surface area contributed by atoms with Crippen molar-refractivity contribution < 1.29 is 18.3 Å². The Balaban J connectivity index is 2.42. The summed E-state index contributed by atoms with van der Waals surface area (Å²) in [6.45, 7) is 8.04. The van der Waals surface area contributed by atoms with Gasteiger partial charge in [-0.25, -0.2) is 13.6 Å². The van der Waals surface area contributed by atoms with Gasteiger partial charge in [-0.15, -0.1) is 0 Å². The van der Waals surface area contributed by atoms with Crippen molar-refractivity contribution in [1.29, 1.82) is 0 Å². The topological polar surface area (TPSA) is 63.2 Å². The van der Waals surface area contributed by atoms with Crippen LogP contribution in [0.5, 0.6) is 0 Å². The first-order valence-electron chi connectivity index (χ1n) is 8.05. The third-order valence-electron chi connectivity index (χ3n) is 3.28. The summed E-state index contributed by atoms with van der Waals surface area (Å²) in [6.07, 6.45) is 0.697. The molecule has 24 heavy (non-hydrogen) atoms. The lowest BCUT2D eigenvalue weighted by atomic mass is 10.1. The number of nitrogens with one attached hydrogen (secondary N) is 2. The van der Waals surface area contributed by atoms with E-state index in [1.54, 1.807) is 33.2 Å². The van der Waals surface area contributed by atoms with Crippen molar-refractivity contribution in [2.24, 2.45) is 0 Å². The minimum atomic E-state index is -2.49. The lowest BCUT2D eigenvalue weighted by molar-refractivity contribution is 0.0473. The maximum Gasteiger partial charge on any atom is 0.407 e. The van der Waals surface area contributed by atoms with Gasteiger partial charge in [0.1, 0.15) is 5.60 Å². The molecule has 5 nitrogen and oxygen atoms in total. The SMILES string of the molecule is Cc1cnccc1CCNCC(CC(F)F)NC(=O)OC(C)(C)C. The van der Waals surface area contributed by atoms with Gasteiger partial charge >= 0.3 is 6.09 Å². The molecule has 1 atom stereocenters. The summed E-state index contributed by atoms with van der Waals surface area (Å²) < 4.78 is 30.5. The third-order valence-corrected chi connectivity index (χ3v) is 3.28. The fraction of sp³-hybridized carbons (Fsp3) is 0.647. The summed E-state index contributed by atoms with van der Waals surface area (Å²) in [5.41, 5.74) is 1.59. The predicted octanol–water partition coefficient (Wildman–Crippen LogP) is 3.07. The molecule has 0 fully saturated rings. The van der Waals surface area contributed by atoms with E-state index in [2.05, 4.69) is 15.6 Å². The van der Waals surface area contributed by atoms with Gasteiger partial charge in [0.05, 0.1) is 6.04 Å². The Morgan fingerprint density at radius 2 is 2.08 bits per heavy atom. The molecule has 0 aliphatic carbocycles. The average molecular weight is 343 g/mol. The first kappa shape index (κ1) is 20.3. The Kier molecular flexibility index (Phi) is 8.04. The zero-order valence-corrected chi connectivity index (χ0v) is 14.7. The molecule has 0 saturated carbocycles. The summed E-state index contributed by atoms with van der Waals surface area (Å²) in [7, 11) is 0. The fourth-order valence-electron chi connectivity index (χ4n) is 2.16. The van der Waals surface area contributed by atoms with Gasteiger partial charge in [-0.1, -0.05) is 0 Å². The molecule has 0 bridgehead atoms. The van der Waals surface area contributed by atoms with Crippen LogP contribution in [-0.4, -0.2) is 42.2 Å². The van der Waals surface area contributed by atoms with Crippen molar-refractivity contribution in [3.8, 4) is 0 Å². The molecule has 0 saturated heterocycles. The van der Waals surface area contributed by atoms with Crippen molar-refractivity contribution in [2.75, 3.05) is 13.1 Å². The quantitative estimate of drug-likeness (QED) is 0.712. The van der Waals surface area contributed by atoms with E-state index in [0.717, 1.165) is 17.5 Å². The smallest absolute Gasteiger partial charge is 0.407 e. The number of halogens is 2. The Labute approximate surface area is 142 Å². The van der Waals surface area contributed by atoms with Crippen LogP contribution in [0, 0.1) is 6.92 Å². The zero-order chi connectivity index (χ0) is 18.2. The molecule has 1 amide bonds. The van der Waals surface area contributed by atoms with Gasteiger partial charge in [0.15, 0.2) is 0 Å². The molecule has 2 N–H and O–H groups in total. The molecule has 1 rings (SSSR count). The summed E-state index contributed by atoms with van der Waals surface area (Å²) in [5, 5.41) is 5.61. The second-order valence-electron chi connectivity index (χ2n) is 6.73. The molecule has 136 valence electrons. The molecule has 1 aromatic heterocycles. The highest BCUT2D eigenvalue weighted by Gasteiger charge is 2.21. The minimum absolute atomic E-state index is 0.258. The Hall–Kier alpha value is -1.76. The Bertz CT molecular complexity index is 519. The number of nitrogens with zero attached hydrogens (tertiary/aromatic N) is 1. The third kappa shape index (κ3) is 8.76. The van der Waals surface area contributed by atoms with Gasteiger partial charge in [0, 0.05) is 25.4 Å². The fourth-order valence-corrected chi connectivity index (χ4v) is 2.16. The van der Waals surface area contributed by atoms with Crippen molar-refractivity contribution in [3.63, 3.8) is 0 Å². The van der Waals surface area contributed by atoms with Gasteiger partial charge in [-0.3, -0.25) is 4.98 Å². The van der Waals surface area contributed by atoms with Crippen LogP contribution in [0.3, 0.4) is 0 Å². The molecule has 0 aliphatic rings. The van der Waals surface area contributed by atoms with Crippen molar-refractivity contribution in [3.05, 3.63) is 29.6 Å². The van der Waals surface area contributed by atoms with E-state index in [1.807, 2.05) is 13.0 Å². The van der Waals surface area contributed by atoms with Crippen LogP contribution in [0.2, 0.25) is 0 Å². The normalized spacial score (nSPS) is 13.0. The van der Waals surface area contributed by atoms with Crippen molar-refractivity contribution >= 4 is 6.09 Å². The number of alkyl halides is 2. The van der Waals surface area contributed by atoms with Crippen LogP contribution in [0.15, 0.2) is 18.5 Å². The summed E-state index contributed by atoms with van der Waals surface area (Å²) >= 11 is 0. The summed E-state index contributed by atoms with van der Waals surface area (Å²) in [5.74, 6) is 0. The molecular weight excluding hydrogens is 316 g/mol. The molecule has 1 heterocycles. The monoisotopic (exact) mass is 343 g/mol. The standard InChI is InChI=1S/C17H27F2N3O2/c1-12-10-20-7-5-13(12)6-8-21-11-14(9-15(18)19)22-16(23)24-17(2,3)4/h5,7,10,14-15,21H,6,8-9,11H2,1-4H3,(H,22,23). The lowest BCUT2D eigenvalue weighted by Gasteiger charge is -2.24. The van der Waals surface area contributed by atoms with Gasteiger partial charge < -0.3 is 15.4 Å². The number of ether oxygens (including phenoxy) is 1. The lowest BCUT2D eigenvalue weighted by Crippen LogP contribution is -2.45. The number of pyridine rings is 1. The van der Waals surface area contributed by atoms with Crippen LogP contribution in [0.4, 0.5) is 13.6 Å². The highest BCUT2D eigenvalue weighted by Crippen LogP contribution is 2.09. The van der Waals surface area contributed by atoms with E-state index in [0.29, 0.717) is 6.54 Å². The highest BCUT2D eigenvalue weighted by molar-refractivity contribution is 5.68. The first-order valence-corrected chi connectivity index (χ1v) is 8.05. The van der Waals surface area contributed by atoms with E-state index in [4.69, 9.17) is 4.74 Å². The van der Waals surface area contributed by atoms with E-state index in [9.17, 15) is 13.6 Å². The molecule has 7 heteroatoms. The van der Waals surface area contributed by atoms with Crippen LogP contribution < -0.4 is 10.6 Å². The number of alkyl carbamates (subject to hydrolysis) is 1. The van der Waals surface area contributed by atoms with Crippen LogP contribution >= 0.6 is 0 Å². The van der Waals surface area contributed by atoms with Crippen molar-refractivity contribution in [2.45, 2.75) is 58.6 Å². The molecule has 1 aromatic rings. The maximum atomic E-state index is 12.7. The zero-order valence-electron chi connectivity index (χ0n) is 14.7. The molecule has 0 aliphatic heterocycles. The number of hydrogen-bond acceptors (Lipinski definition) is 4. The number of carbonyl (C=O) groups is 1. The minimum Gasteiger partial charge on any atom is -0.444 e. The van der Waals surface area contributed by atoms with E-state index in [1.165, 1.54) is 0 Å². The van der Waals surface area contributed by atoms with Crippen molar-refractivity contribution in [1.82, 2.24) is 15.6 Å². The second-order valence-corrected chi connectivity index (χ2v) is 6.73. The van der Waals surface area contributed by atoms with E-state index in [-0.39, 0.29) is 6.54 Å². The molecule has 1 unspecified atom stereocenters. The Morgan fingerprint density at radius 3 is 2.67 bits per heavy atom. The number of aryl methyl sites for hydroxylation is 1. The summed E-state index contributed by atoms with van der Waals surface area (Å²) in [6, 6.07) is 1.26. The number of amides is 1. The Morgan fingerprint density at radius 1 is 1.38 bits per heavy atom. The second kappa shape index (κ2) is 9.52. The average Bonchev–Trinajstić information content (AvgIpc) is 2.42. The van der Waals surface area contributed by atoms with Crippen LogP contribution in [0.1, 0.15) is 38.3 Å². The summed E-state index contributed by atoms with van der Waals surface area (Å²) in [4.78, 5) is 15.8. The first-order chi connectivity index (χ1) is 11.2. The largest absolute Gasteiger partial charge is 0.444 e. The number of rotatable bonds is 8. The highest BCUT2D eigenvalue weighted by atomic mass is 19.3. The number of aromatic nitrogens is 1. The number of hydrogen-bond donors (Lipinski definition) is 2.